The normalized spacial score (nSPS) is 12.0. The molecular formula is C21H22N2O4. The molecule has 0 aliphatic rings. The van der Waals surface area contributed by atoms with Gasteiger partial charge >= 0.3 is 5.97 Å². The van der Waals surface area contributed by atoms with Crippen molar-refractivity contribution in [1.82, 2.24) is 0 Å². The Bertz CT molecular complexity index is 1060. The summed E-state index contributed by atoms with van der Waals surface area (Å²) in [7, 11) is 0. The summed E-state index contributed by atoms with van der Waals surface area (Å²) in [6.07, 6.45) is 0. The van der Waals surface area contributed by atoms with Crippen LogP contribution in [0.2, 0.25) is 0 Å². The highest BCUT2D eigenvalue weighted by atomic mass is 16.4. The molecule has 0 saturated carbocycles. The van der Waals surface area contributed by atoms with E-state index in [2.05, 4.69) is 10.6 Å². The number of hydrogen-bond donors (Lipinski definition) is 3. The first-order chi connectivity index (χ1) is 12.9. The Balaban J connectivity index is 2.10. The Kier molecular flexibility index (Phi) is 5.16. The van der Waals surface area contributed by atoms with Crippen molar-refractivity contribution in [2.45, 2.75) is 26.8 Å². The van der Waals surface area contributed by atoms with Gasteiger partial charge in [-0.3, -0.25) is 4.79 Å². The summed E-state index contributed by atoms with van der Waals surface area (Å²) in [6, 6.07) is 11.7. The number of aromatic carboxylic acids is 1. The van der Waals surface area contributed by atoms with Crippen LogP contribution in [-0.2, 0) is 0 Å². The number of aryl methyl sites for hydroxylation is 1. The number of fused-ring (bicyclic) bond motifs is 1. The third kappa shape index (κ3) is 3.79. The van der Waals surface area contributed by atoms with Crippen LogP contribution < -0.4 is 16.1 Å². The molecule has 3 aromatic rings. The highest BCUT2D eigenvalue weighted by Gasteiger charge is 2.17. The number of nitrogens with one attached hydrogen (secondary N) is 2. The second-order valence-electron chi connectivity index (χ2n) is 6.45. The van der Waals surface area contributed by atoms with E-state index in [1.165, 1.54) is 6.07 Å². The lowest BCUT2D eigenvalue weighted by Gasteiger charge is -2.19. The maximum Gasteiger partial charge on any atom is 0.337 e. The van der Waals surface area contributed by atoms with Crippen LogP contribution in [0.15, 0.2) is 51.7 Å². The van der Waals surface area contributed by atoms with Gasteiger partial charge in [0.1, 0.15) is 5.58 Å². The summed E-state index contributed by atoms with van der Waals surface area (Å²) in [5.41, 5.74) is 2.81. The minimum atomic E-state index is -1.000. The molecule has 2 aromatic carbocycles. The SMILES string of the molecule is CCNc1cc(=O)c2cc(C)cc(C(C)Nc3ccccc3C(=O)O)c2o1. The van der Waals surface area contributed by atoms with E-state index in [0.717, 1.165) is 11.1 Å². The summed E-state index contributed by atoms with van der Waals surface area (Å²) in [4.78, 5) is 24.0. The van der Waals surface area contributed by atoms with Gasteiger partial charge in [-0.25, -0.2) is 4.79 Å². The molecule has 0 bridgehead atoms. The summed E-state index contributed by atoms with van der Waals surface area (Å²) in [5.74, 6) is -0.585. The number of carboxylic acid groups (broad SMARTS) is 1. The van der Waals surface area contributed by atoms with Crippen LogP contribution in [0.3, 0.4) is 0 Å². The first kappa shape index (κ1) is 18.5. The van der Waals surface area contributed by atoms with Crippen molar-refractivity contribution in [1.29, 1.82) is 0 Å². The van der Waals surface area contributed by atoms with Crippen molar-refractivity contribution in [2.75, 3.05) is 17.2 Å². The largest absolute Gasteiger partial charge is 0.478 e. The van der Waals surface area contributed by atoms with Gasteiger partial charge in [0.2, 0.25) is 0 Å². The molecule has 0 fully saturated rings. The standard InChI is InChI=1S/C21H22N2O4/c1-4-22-19-11-18(24)16-10-12(2)9-15(20(16)27-19)13(3)23-17-8-6-5-7-14(17)21(25)26/h5-11,13,22-23H,4H2,1-3H3,(H,25,26). The number of para-hydroxylation sites is 1. The number of benzene rings is 2. The highest BCUT2D eigenvalue weighted by molar-refractivity contribution is 5.94. The maximum atomic E-state index is 12.5. The van der Waals surface area contributed by atoms with Gasteiger partial charge in [-0.15, -0.1) is 0 Å². The van der Waals surface area contributed by atoms with Crippen LogP contribution in [0.4, 0.5) is 11.6 Å². The molecule has 1 aromatic heterocycles. The molecule has 0 aliphatic heterocycles. The summed E-state index contributed by atoms with van der Waals surface area (Å²) in [5, 5.41) is 16.2. The molecule has 0 spiro atoms. The molecule has 140 valence electrons. The third-order valence-corrected chi connectivity index (χ3v) is 4.35. The lowest BCUT2D eigenvalue weighted by Crippen LogP contribution is -2.13. The van der Waals surface area contributed by atoms with Crippen LogP contribution in [0.5, 0.6) is 0 Å². The molecule has 0 aliphatic carbocycles. The van der Waals surface area contributed by atoms with E-state index in [9.17, 15) is 14.7 Å². The molecule has 27 heavy (non-hydrogen) atoms. The molecule has 0 radical (unpaired) electrons. The van der Waals surface area contributed by atoms with E-state index in [1.54, 1.807) is 30.3 Å². The highest BCUT2D eigenvalue weighted by Crippen LogP contribution is 2.29. The number of carboxylic acids is 1. The third-order valence-electron chi connectivity index (χ3n) is 4.35. The molecule has 1 unspecified atom stereocenters. The first-order valence-corrected chi connectivity index (χ1v) is 8.81. The van der Waals surface area contributed by atoms with E-state index in [1.807, 2.05) is 26.8 Å². The minimum Gasteiger partial charge on any atom is -0.478 e. The van der Waals surface area contributed by atoms with Gasteiger partial charge in [0, 0.05) is 23.9 Å². The van der Waals surface area contributed by atoms with E-state index in [4.69, 9.17) is 4.42 Å². The average molecular weight is 366 g/mol. The van der Waals surface area contributed by atoms with Gasteiger partial charge < -0.3 is 20.2 Å². The fourth-order valence-electron chi connectivity index (χ4n) is 3.12. The Morgan fingerprint density at radius 2 is 1.96 bits per heavy atom. The molecular weight excluding hydrogens is 344 g/mol. The van der Waals surface area contributed by atoms with Gasteiger partial charge in [-0.1, -0.05) is 18.2 Å². The van der Waals surface area contributed by atoms with Gasteiger partial charge in [0.15, 0.2) is 11.3 Å². The van der Waals surface area contributed by atoms with Crippen molar-refractivity contribution < 1.29 is 14.3 Å². The Labute approximate surface area is 156 Å². The Morgan fingerprint density at radius 3 is 2.67 bits per heavy atom. The quantitative estimate of drug-likeness (QED) is 0.599. The smallest absolute Gasteiger partial charge is 0.337 e. The molecule has 1 atom stereocenters. The predicted molar refractivity (Wildman–Crippen MR) is 107 cm³/mol. The Hall–Kier alpha value is -3.28. The summed E-state index contributed by atoms with van der Waals surface area (Å²) in [6.45, 7) is 6.38. The fraction of sp³-hybridized carbons (Fsp3) is 0.238. The van der Waals surface area contributed by atoms with E-state index >= 15 is 0 Å². The zero-order valence-corrected chi connectivity index (χ0v) is 15.5. The number of rotatable bonds is 6. The topological polar surface area (TPSA) is 91.6 Å². The summed E-state index contributed by atoms with van der Waals surface area (Å²) >= 11 is 0. The fourth-order valence-corrected chi connectivity index (χ4v) is 3.12. The van der Waals surface area contributed by atoms with Gasteiger partial charge in [-0.2, -0.15) is 0 Å². The number of carbonyl (C=O) groups is 1. The lowest BCUT2D eigenvalue weighted by molar-refractivity contribution is 0.0698. The van der Waals surface area contributed by atoms with Gasteiger partial charge in [-0.05, 0) is 44.5 Å². The van der Waals surface area contributed by atoms with Crippen LogP contribution in [0, 0.1) is 6.92 Å². The Morgan fingerprint density at radius 1 is 1.22 bits per heavy atom. The number of hydrogen-bond acceptors (Lipinski definition) is 5. The number of anilines is 2. The van der Waals surface area contributed by atoms with Gasteiger partial charge in [0.25, 0.3) is 0 Å². The molecule has 0 amide bonds. The monoisotopic (exact) mass is 366 g/mol. The second kappa shape index (κ2) is 7.53. The maximum absolute atomic E-state index is 12.5. The van der Waals surface area contributed by atoms with Gasteiger partial charge in [0.05, 0.1) is 17.0 Å². The molecule has 6 nitrogen and oxygen atoms in total. The molecule has 3 rings (SSSR count). The predicted octanol–water partition coefficient (Wildman–Crippen LogP) is 4.40. The first-order valence-electron chi connectivity index (χ1n) is 8.81. The molecule has 6 heteroatoms. The van der Waals surface area contributed by atoms with E-state index in [0.29, 0.717) is 29.1 Å². The van der Waals surface area contributed by atoms with Crippen molar-refractivity contribution >= 4 is 28.5 Å². The van der Waals surface area contributed by atoms with Crippen LogP contribution in [-0.4, -0.2) is 17.6 Å². The van der Waals surface area contributed by atoms with Crippen molar-refractivity contribution in [3.8, 4) is 0 Å². The zero-order chi connectivity index (χ0) is 19.6. The van der Waals surface area contributed by atoms with Crippen molar-refractivity contribution in [2.24, 2.45) is 0 Å². The van der Waals surface area contributed by atoms with Crippen LogP contribution in [0.1, 0.15) is 41.4 Å². The molecule has 1 heterocycles. The lowest BCUT2D eigenvalue weighted by atomic mass is 10.0. The second-order valence-corrected chi connectivity index (χ2v) is 6.45. The molecule has 0 saturated heterocycles. The van der Waals surface area contributed by atoms with Crippen molar-refractivity contribution in [3.05, 3.63) is 69.4 Å². The van der Waals surface area contributed by atoms with E-state index < -0.39 is 5.97 Å². The minimum absolute atomic E-state index is 0.115. The summed E-state index contributed by atoms with van der Waals surface area (Å²) < 4.78 is 5.94. The van der Waals surface area contributed by atoms with Crippen LogP contribution in [0.25, 0.3) is 11.0 Å². The zero-order valence-electron chi connectivity index (χ0n) is 15.5. The van der Waals surface area contributed by atoms with Crippen LogP contribution >= 0.6 is 0 Å². The average Bonchev–Trinajstić information content (AvgIpc) is 2.62. The van der Waals surface area contributed by atoms with Crippen molar-refractivity contribution in [3.63, 3.8) is 0 Å². The van der Waals surface area contributed by atoms with E-state index in [-0.39, 0.29) is 17.0 Å². The molecule has 3 N–H and O–H groups in total.